The van der Waals surface area contributed by atoms with E-state index in [2.05, 4.69) is 26.6 Å². The molecule has 0 heterocycles. The van der Waals surface area contributed by atoms with Crippen LogP contribution in [0.1, 0.15) is 84.5 Å². The number of hydrogen-bond donors (Lipinski definition) is 14. The Kier molecular flexibility index (Phi) is 30.3. The van der Waals surface area contributed by atoms with E-state index in [1.54, 1.807) is 43.4 Å². The van der Waals surface area contributed by atoms with Crippen LogP contribution in [-0.4, -0.2) is 190 Å². The predicted molar refractivity (Wildman–Crippen MR) is 316 cm³/mol. The lowest BCUT2D eigenvalue weighted by atomic mass is 10.0. The van der Waals surface area contributed by atoms with Gasteiger partial charge in [-0.2, -0.15) is 0 Å². The van der Waals surface area contributed by atoms with Crippen LogP contribution in [0, 0.1) is 21.4 Å². The fourth-order valence-corrected chi connectivity index (χ4v) is 15.6. The van der Waals surface area contributed by atoms with Crippen LogP contribution in [0.2, 0.25) is 0 Å². The summed E-state index contributed by atoms with van der Waals surface area (Å²) in [6.45, 7) is 1.57. The molecule has 0 saturated carbocycles. The number of carbonyl (C=O) groups excluding carboxylic acids is 6. The third kappa shape index (κ3) is 20.4. The number of hydrogen-bond acceptors (Lipinski definition) is 17. The molecule has 23 nitrogen and oxygen atoms in total. The topological polar surface area (TPSA) is 360 Å². The number of nitrogens with one attached hydrogen (secondary N) is 5. The molecule has 0 bridgehead atoms. The lowest BCUT2D eigenvalue weighted by molar-refractivity contribution is -0.119. The highest BCUT2D eigenvalue weighted by molar-refractivity contribution is 14.1. The van der Waals surface area contributed by atoms with Crippen molar-refractivity contribution in [2.75, 3.05) is 87.4 Å². The number of aliphatic hydroxyl groups excluding tert-OH is 9. The van der Waals surface area contributed by atoms with Crippen LogP contribution in [0.4, 0.5) is 21.9 Å². The third-order valence-electron chi connectivity index (χ3n) is 9.86. The molecule has 5 unspecified atom stereocenters. The second kappa shape index (κ2) is 32.6. The van der Waals surface area contributed by atoms with Gasteiger partial charge in [0.25, 0.3) is 17.7 Å². The molecule has 2 aromatic rings. The van der Waals surface area contributed by atoms with Gasteiger partial charge in [0.15, 0.2) is 0 Å². The first kappa shape index (κ1) is 67.0. The zero-order valence-electron chi connectivity index (χ0n) is 39.5. The van der Waals surface area contributed by atoms with E-state index in [1.165, 1.54) is 16.7 Å². The Morgan fingerprint density at radius 2 is 0.931 bits per heavy atom. The molecule has 0 aliphatic rings. The van der Waals surface area contributed by atoms with E-state index in [0.29, 0.717) is 20.0 Å². The highest BCUT2D eigenvalue weighted by Gasteiger charge is 2.35. The van der Waals surface area contributed by atoms with Gasteiger partial charge < -0.3 is 87.1 Å². The third-order valence-corrected chi connectivity index (χ3v) is 16.2. The van der Waals surface area contributed by atoms with Crippen molar-refractivity contribution in [2.24, 2.45) is 0 Å². The smallest absolute Gasteiger partial charge is 0.407 e. The lowest BCUT2D eigenvalue weighted by Gasteiger charge is -2.33. The number of halogens is 6. The van der Waals surface area contributed by atoms with Crippen LogP contribution in [0.3, 0.4) is 0 Å². The van der Waals surface area contributed by atoms with E-state index in [-0.39, 0.29) is 80.5 Å². The van der Waals surface area contributed by atoms with Crippen LogP contribution in [0.15, 0.2) is 0 Å². The Morgan fingerprint density at radius 3 is 1.35 bits per heavy atom. The number of benzene rings is 2. The number of anilines is 3. The molecule has 0 aliphatic heterocycles. The van der Waals surface area contributed by atoms with Crippen molar-refractivity contribution >= 4 is 188 Å². The van der Waals surface area contributed by atoms with E-state index in [0.717, 1.165) is 0 Å². The summed E-state index contributed by atoms with van der Waals surface area (Å²) >= 11 is 11.1. The van der Waals surface area contributed by atoms with Gasteiger partial charge in [-0.05, 0) is 169 Å². The lowest BCUT2D eigenvalue weighted by Crippen LogP contribution is -2.46. The average molecular weight is 1690 g/mol. The van der Waals surface area contributed by atoms with Gasteiger partial charge in [0.05, 0.1) is 122 Å². The molecule has 6 amide bonds. The molecule has 2 rings (SSSR count). The summed E-state index contributed by atoms with van der Waals surface area (Å²) in [5, 5.41) is 104. The molecule has 0 aromatic heterocycles. The van der Waals surface area contributed by atoms with Crippen molar-refractivity contribution in [3.63, 3.8) is 0 Å². The number of alkyl carbamates (subject to hydrolysis) is 1. The van der Waals surface area contributed by atoms with Gasteiger partial charge in [-0.25, -0.2) is 4.79 Å². The summed E-state index contributed by atoms with van der Waals surface area (Å²) < 4.78 is 6.51. The van der Waals surface area contributed by atoms with Gasteiger partial charge in [0.1, 0.15) is 5.60 Å². The Balaban J connectivity index is 2.88. The maximum Gasteiger partial charge on any atom is 0.407 e. The average Bonchev–Trinajstić information content (AvgIpc) is 3.30. The molecule has 29 heteroatoms. The molecule has 406 valence electrons. The van der Waals surface area contributed by atoms with Crippen LogP contribution < -0.4 is 36.4 Å². The van der Waals surface area contributed by atoms with Crippen LogP contribution in [-0.2, 0) is 14.3 Å². The monoisotopic (exact) mass is 1690 g/mol. The van der Waals surface area contributed by atoms with Crippen molar-refractivity contribution in [2.45, 2.75) is 89.5 Å². The summed E-state index contributed by atoms with van der Waals surface area (Å²) in [6.07, 6.45) is -6.49. The van der Waals surface area contributed by atoms with Gasteiger partial charge in [-0.3, -0.25) is 24.0 Å². The van der Waals surface area contributed by atoms with Crippen molar-refractivity contribution in [1.29, 1.82) is 0 Å². The standard InChI is InChI=1S/C43H61I6N7O16/c1-20(61)55(38-34(48)29(41(70)54-13-24(65)19-60)31(45)36(35(38)49)51-10-21(62)16-57)14-25(66)15-56(26(67)8-6-5-7-9-50-42(71)72-43(2,3)4)37-32(46)27(39(68)52-11-22(63)17-58)30(44)28(33(37)47)40(69)53-12-23(64)18-59/h21-25,51,57-60,62-66H,5-19H2,1-4H3,(H,50,71)(H,52,68)(H,53,69)(H,54,70). The number of amides is 6. The molecule has 0 saturated heterocycles. The largest absolute Gasteiger partial charge is 0.444 e. The summed E-state index contributed by atoms with van der Waals surface area (Å²) in [7, 11) is 0. The molecular weight excluding hydrogens is 1630 g/mol. The van der Waals surface area contributed by atoms with Crippen molar-refractivity contribution in [1.82, 2.24) is 21.3 Å². The SMILES string of the molecule is CC(=O)N(CC(O)CN(C(=O)CCCCCNC(=O)OC(C)(C)C)c1c(I)c(C(=O)NCC(O)CO)c(I)c(C(=O)NCC(O)CO)c1I)c1c(I)c(NCC(O)CO)c(I)c(C(=O)NCC(O)CO)c1I. The zero-order valence-corrected chi connectivity index (χ0v) is 52.5. The summed E-state index contributed by atoms with van der Waals surface area (Å²) in [4.78, 5) is 84.8. The maximum absolute atomic E-state index is 14.7. The number of carbonyl (C=O) groups is 6. The van der Waals surface area contributed by atoms with Crippen molar-refractivity contribution in [3.05, 3.63) is 38.1 Å². The normalized spacial score (nSPS) is 13.5. The maximum atomic E-state index is 14.7. The van der Waals surface area contributed by atoms with Crippen molar-refractivity contribution in [3.8, 4) is 0 Å². The molecule has 0 radical (unpaired) electrons. The summed E-state index contributed by atoms with van der Waals surface area (Å²) in [5.41, 5.74) is -0.547. The van der Waals surface area contributed by atoms with Gasteiger partial charge >= 0.3 is 6.09 Å². The minimum atomic E-state index is -1.62. The minimum Gasteiger partial charge on any atom is -0.444 e. The van der Waals surface area contributed by atoms with E-state index in [9.17, 15) is 74.7 Å². The van der Waals surface area contributed by atoms with Crippen LogP contribution in [0.25, 0.3) is 0 Å². The molecule has 2 aromatic carbocycles. The highest BCUT2D eigenvalue weighted by Crippen LogP contribution is 2.42. The second-order valence-corrected chi connectivity index (χ2v) is 23.4. The van der Waals surface area contributed by atoms with E-state index < -0.39 is 124 Å². The molecule has 0 aliphatic carbocycles. The first-order chi connectivity index (χ1) is 33.7. The fourth-order valence-electron chi connectivity index (χ4n) is 6.30. The molecule has 0 fully saturated rings. The fraction of sp³-hybridized carbons (Fsp3) is 0.581. The number of nitrogens with zero attached hydrogens (tertiary/aromatic N) is 2. The van der Waals surface area contributed by atoms with Crippen LogP contribution in [0.5, 0.6) is 0 Å². The Morgan fingerprint density at radius 1 is 0.528 bits per heavy atom. The Bertz CT molecular complexity index is 2170. The van der Waals surface area contributed by atoms with E-state index in [1.807, 2.05) is 113 Å². The summed E-state index contributed by atoms with van der Waals surface area (Å²) in [5.74, 6) is -3.55. The quantitative estimate of drug-likeness (QED) is 0.0420. The first-order valence-electron chi connectivity index (χ1n) is 22.1. The second-order valence-electron chi connectivity index (χ2n) is 17.0. The summed E-state index contributed by atoms with van der Waals surface area (Å²) in [6, 6.07) is 0. The van der Waals surface area contributed by atoms with Gasteiger partial charge in [0, 0.05) is 49.6 Å². The number of unbranched alkanes of at least 4 members (excludes halogenated alkanes) is 2. The molecule has 14 N–H and O–H groups in total. The Hall–Kier alpha value is -1.12. The Labute approximate surface area is 498 Å². The van der Waals surface area contributed by atoms with Gasteiger partial charge in [0.2, 0.25) is 11.8 Å². The first-order valence-corrected chi connectivity index (χ1v) is 28.5. The van der Waals surface area contributed by atoms with E-state index >= 15 is 0 Å². The van der Waals surface area contributed by atoms with Gasteiger partial charge in [-0.1, -0.05) is 6.42 Å². The zero-order chi connectivity index (χ0) is 54.8. The minimum absolute atomic E-state index is 0.00118. The van der Waals surface area contributed by atoms with Gasteiger partial charge in [-0.15, -0.1) is 0 Å². The van der Waals surface area contributed by atoms with Crippen LogP contribution >= 0.6 is 136 Å². The highest BCUT2D eigenvalue weighted by atomic mass is 127. The number of ether oxygens (including phenoxy) is 1. The molecular formula is C43H61I6N7O16. The van der Waals surface area contributed by atoms with Crippen molar-refractivity contribution < 1.29 is 79.5 Å². The molecule has 0 spiro atoms. The number of aliphatic hydroxyl groups is 9. The number of rotatable bonds is 28. The predicted octanol–water partition coefficient (Wildman–Crippen LogP) is 1.16. The molecule has 5 atom stereocenters. The van der Waals surface area contributed by atoms with E-state index in [4.69, 9.17) is 4.74 Å². The molecule has 72 heavy (non-hydrogen) atoms.